The molecule has 2 amide bonds. The number of aryl methyl sites for hydroxylation is 2. The van der Waals surface area contributed by atoms with Crippen molar-refractivity contribution in [2.45, 2.75) is 25.2 Å². The van der Waals surface area contributed by atoms with Gasteiger partial charge in [0.2, 0.25) is 5.91 Å². The number of para-hydroxylation sites is 1. The second-order valence-corrected chi connectivity index (χ2v) is 9.87. The quantitative estimate of drug-likeness (QED) is 0.190. The van der Waals surface area contributed by atoms with Crippen LogP contribution in [-0.2, 0) is 4.79 Å². The molecular weight excluding hydrogens is 480 g/mol. The van der Waals surface area contributed by atoms with E-state index in [1.54, 1.807) is 72.4 Å². The summed E-state index contributed by atoms with van der Waals surface area (Å²) >= 11 is 1.61. The summed E-state index contributed by atoms with van der Waals surface area (Å²) in [6, 6.07) is 29.3. The van der Waals surface area contributed by atoms with Crippen molar-refractivity contribution in [3.63, 3.8) is 0 Å². The minimum atomic E-state index is -0.407. The van der Waals surface area contributed by atoms with Gasteiger partial charge in [0, 0.05) is 28.2 Å². The zero-order chi connectivity index (χ0) is 26.2. The molecular formula is C31H28N2O3S. The van der Waals surface area contributed by atoms with Crippen LogP contribution in [0.2, 0.25) is 0 Å². The number of ketones is 1. The molecule has 0 unspecified atom stereocenters. The van der Waals surface area contributed by atoms with Crippen LogP contribution >= 0.6 is 11.8 Å². The Bertz CT molecular complexity index is 1420. The monoisotopic (exact) mass is 508 g/mol. The Kier molecular flexibility index (Phi) is 8.54. The molecule has 4 rings (SSSR count). The van der Waals surface area contributed by atoms with Gasteiger partial charge in [0.25, 0.3) is 5.91 Å². The smallest absolute Gasteiger partial charge is 0.257 e. The number of rotatable bonds is 9. The number of carbonyl (C=O) groups excluding carboxylic acids is 3. The zero-order valence-electron chi connectivity index (χ0n) is 20.8. The highest BCUT2D eigenvalue weighted by Gasteiger charge is 2.18. The van der Waals surface area contributed by atoms with Gasteiger partial charge in [-0.3, -0.25) is 14.4 Å². The molecule has 0 fully saturated rings. The van der Waals surface area contributed by atoms with Gasteiger partial charge < -0.3 is 10.6 Å². The van der Waals surface area contributed by atoms with Crippen molar-refractivity contribution >= 4 is 40.7 Å². The van der Waals surface area contributed by atoms with Gasteiger partial charge in [0.15, 0.2) is 5.78 Å². The minimum Gasteiger partial charge on any atom is -0.325 e. The standard InChI is InChI=1S/C31H28N2O3S/c1-21-12-15-24(16-13-21)37-19-18-29(34)32-27-11-7-6-10-25(27)31(36)33-28-17-14-22(2)20-26(28)30(35)23-8-4-3-5-9-23/h3-17,20H,18-19H2,1-2H3,(H,32,34)(H,33,36). The molecule has 0 aliphatic carbocycles. The van der Waals surface area contributed by atoms with E-state index in [4.69, 9.17) is 0 Å². The van der Waals surface area contributed by atoms with E-state index in [2.05, 4.69) is 10.6 Å². The first-order valence-corrected chi connectivity index (χ1v) is 13.0. The molecule has 0 aliphatic heterocycles. The van der Waals surface area contributed by atoms with Gasteiger partial charge in [-0.2, -0.15) is 0 Å². The average Bonchev–Trinajstić information content (AvgIpc) is 2.91. The predicted octanol–water partition coefficient (Wildman–Crippen LogP) is 6.91. The molecule has 5 nitrogen and oxygen atoms in total. The van der Waals surface area contributed by atoms with E-state index < -0.39 is 5.91 Å². The highest BCUT2D eigenvalue weighted by Crippen LogP contribution is 2.24. The molecule has 0 spiro atoms. The van der Waals surface area contributed by atoms with Gasteiger partial charge in [-0.05, 0) is 50.2 Å². The van der Waals surface area contributed by atoms with Crippen LogP contribution in [0.25, 0.3) is 0 Å². The maximum Gasteiger partial charge on any atom is 0.257 e. The highest BCUT2D eigenvalue weighted by molar-refractivity contribution is 7.99. The molecule has 4 aromatic carbocycles. The van der Waals surface area contributed by atoms with Crippen molar-refractivity contribution < 1.29 is 14.4 Å². The average molecular weight is 509 g/mol. The van der Waals surface area contributed by atoms with Crippen molar-refractivity contribution in [1.82, 2.24) is 0 Å². The van der Waals surface area contributed by atoms with E-state index in [1.807, 2.05) is 50.2 Å². The third-order valence-corrected chi connectivity index (χ3v) is 6.78. The SMILES string of the molecule is Cc1ccc(SCCC(=O)Nc2ccccc2C(=O)Nc2ccc(C)cc2C(=O)c2ccccc2)cc1. The van der Waals surface area contributed by atoms with E-state index in [0.29, 0.717) is 40.2 Å². The molecule has 0 bridgehead atoms. The lowest BCUT2D eigenvalue weighted by Crippen LogP contribution is -2.19. The Morgan fingerprint density at radius 3 is 2.08 bits per heavy atom. The highest BCUT2D eigenvalue weighted by atomic mass is 32.2. The number of benzene rings is 4. The van der Waals surface area contributed by atoms with Gasteiger partial charge in [0.05, 0.1) is 16.9 Å². The molecule has 2 N–H and O–H groups in total. The maximum absolute atomic E-state index is 13.3. The largest absolute Gasteiger partial charge is 0.325 e. The molecule has 0 aromatic heterocycles. The number of thioether (sulfide) groups is 1. The Morgan fingerprint density at radius 1 is 0.676 bits per heavy atom. The molecule has 0 aliphatic rings. The normalized spacial score (nSPS) is 10.5. The Labute approximate surface area is 221 Å². The first-order valence-electron chi connectivity index (χ1n) is 12.0. The molecule has 186 valence electrons. The number of carbonyl (C=O) groups is 3. The van der Waals surface area contributed by atoms with Crippen LogP contribution in [-0.4, -0.2) is 23.4 Å². The summed E-state index contributed by atoms with van der Waals surface area (Å²) in [5, 5.41) is 5.74. The minimum absolute atomic E-state index is 0.171. The molecule has 0 saturated carbocycles. The number of hydrogen-bond acceptors (Lipinski definition) is 4. The second-order valence-electron chi connectivity index (χ2n) is 8.70. The van der Waals surface area contributed by atoms with Gasteiger partial charge in [-0.1, -0.05) is 71.8 Å². The summed E-state index contributed by atoms with van der Waals surface area (Å²) in [4.78, 5) is 40.2. The van der Waals surface area contributed by atoms with Crippen LogP contribution in [0.15, 0.2) is 102 Å². The number of nitrogens with one attached hydrogen (secondary N) is 2. The molecule has 37 heavy (non-hydrogen) atoms. The van der Waals surface area contributed by atoms with Crippen molar-refractivity contribution in [2.75, 3.05) is 16.4 Å². The third-order valence-electron chi connectivity index (χ3n) is 5.77. The van der Waals surface area contributed by atoms with Crippen LogP contribution in [0.4, 0.5) is 11.4 Å². The predicted molar refractivity (Wildman–Crippen MR) is 151 cm³/mol. The summed E-state index contributed by atoms with van der Waals surface area (Å²) in [6.45, 7) is 3.94. The third kappa shape index (κ3) is 6.96. The fourth-order valence-corrected chi connectivity index (χ4v) is 4.64. The van der Waals surface area contributed by atoms with E-state index in [0.717, 1.165) is 10.5 Å². The van der Waals surface area contributed by atoms with Crippen LogP contribution in [0.5, 0.6) is 0 Å². The number of anilines is 2. The van der Waals surface area contributed by atoms with Gasteiger partial charge in [-0.15, -0.1) is 11.8 Å². The summed E-state index contributed by atoms with van der Waals surface area (Å²) in [5.74, 6) is -0.129. The topological polar surface area (TPSA) is 75.3 Å². The molecule has 0 saturated heterocycles. The van der Waals surface area contributed by atoms with Crippen LogP contribution < -0.4 is 10.6 Å². The first kappa shape index (κ1) is 25.9. The summed E-state index contributed by atoms with van der Waals surface area (Å²) < 4.78 is 0. The zero-order valence-corrected chi connectivity index (χ0v) is 21.6. The van der Waals surface area contributed by atoms with Gasteiger partial charge in [0.1, 0.15) is 0 Å². The van der Waals surface area contributed by atoms with Crippen molar-refractivity contribution in [3.8, 4) is 0 Å². The van der Waals surface area contributed by atoms with Crippen LogP contribution in [0, 0.1) is 13.8 Å². The van der Waals surface area contributed by atoms with Crippen molar-refractivity contribution in [2.24, 2.45) is 0 Å². The summed E-state index contributed by atoms with van der Waals surface area (Å²) in [7, 11) is 0. The van der Waals surface area contributed by atoms with Gasteiger partial charge in [-0.25, -0.2) is 0 Å². The van der Waals surface area contributed by atoms with Crippen molar-refractivity contribution in [3.05, 3.63) is 125 Å². The van der Waals surface area contributed by atoms with Crippen molar-refractivity contribution in [1.29, 1.82) is 0 Å². The van der Waals surface area contributed by atoms with E-state index in [-0.39, 0.29) is 11.7 Å². The summed E-state index contributed by atoms with van der Waals surface area (Å²) in [6.07, 6.45) is 0.308. The Hall–Kier alpha value is -4.16. The lowest BCUT2D eigenvalue weighted by Gasteiger charge is -2.14. The van der Waals surface area contributed by atoms with E-state index in [9.17, 15) is 14.4 Å². The Balaban J connectivity index is 1.45. The van der Waals surface area contributed by atoms with E-state index >= 15 is 0 Å². The second kappa shape index (κ2) is 12.2. The van der Waals surface area contributed by atoms with E-state index in [1.165, 1.54) is 5.56 Å². The molecule has 0 heterocycles. The summed E-state index contributed by atoms with van der Waals surface area (Å²) in [5.41, 5.74) is 4.22. The van der Waals surface area contributed by atoms with Crippen LogP contribution in [0.1, 0.15) is 43.8 Å². The fraction of sp³-hybridized carbons (Fsp3) is 0.129. The number of amides is 2. The molecule has 0 atom stereocenters. The lowest BCUT2D eigenvalue weighted by atomic mass is 9.99. The lowest BCUT2D eigenvalue weighted by molar-refractivity contribution is -0.115. The molecule has 0 radical (unpaired) electrons. The number of hydrogen-bond donors (Lipinski definition) is 2. The Morgan fingerprint density at radius 2 is 1.32 bits per heavy atom. The first-order chi connectivity index (χ1) is 17.9. The molecule has 6 heteroatoms. The fourth-order valence-electron chi connectivity index (χ4n) is 3.79. The van der Waals surface area contributed by atoms with Crippen LogP contribution in [0.3, 0.4) is 0 Å². The molecule has 4 aromatic rings. The maximum atomic E-state index is 13.3. The van der Waals surface area contributed by atoms with Gasteiger partial charge >= 0.3 is 0 Å².